The van der Waals surface area contributed by atoms with Gasteiger partial charge in [-0.1, -0.05) is 30.3 Å². The number of benzene rings is 2. The third kappa shape index (κ3) is 7.03. The van der Waals surface area contributed by atoms with Crippen LogP contribution < -0.4 is 10.1 Å². The summed E-state index contributed by atoms with van der Waals surface area (Å²) in [6, 6.07) is 16.1. The van der Waals surface area contributed by atoms with E-state index in [1.807, 2.05) is 30.3 Å². The smallest absolute Gasteiger partial charge is 0.417 e. The Morgan fingerprint density at radius 3 is 2.73 bits per heavy atom. The maximum absolute atomic E-state index is 13.9. The lowest BCUT2D eigenvalue weighted by Crippen LogP contribution is -2.19. The number of H-pyrrole nitrogens is 1. The molecule has 2 aromatic carbocycles. The van der Waals surface area contributed by atoms with Crippen LogP contribution in [0.4, 0.5) is 19.0 Å². The lowest BCUT2D eigenvalue weighted by Gasteiger charge is -2.22. The average molecular weight is 552 g/mol. The lowest BCUT2D eigenvalue weighted by molar-refractivity contribution is -0.137. The molecule has 5 rings (SSSR count). The second-order valence-electron chi connectivity index (χ2n) is 9.59. The van der Waals surface area contributed by atoms with Gasteiger partial charge in [0.05, 0.1) is 12.2 Å². The van der Waals surface area contributed by atoms with Crippen LogP contribution in [0.3, 0.4) is 0 Å². The molecular weight excluding hydrogens is 523 g/mol. The van der Waals surface area contributed by atoms with Gasteiger partial charge in [-0.15, -0.1) is 10.2 Å². The van der Waals surface area contributed by atoms with Crippen LogP contribution in [0.5, 0.6) is 5.75 Å². The third-order valence-electron chi connectivity index (χ3n) is 6.62. The lowest BCUT2D eigenvalue weighted by atomic mass is 9.99. The summed E-state index contributed by atoms with van der Waals surface area (Å²) < 4.78 is 53.0. The van der Waals surface area contributed by atoms with Crippen molar-refractivity contribution >= 4 is 11.7 Å². The van der Waals surface area contributed by atoms with Crippen molar-refractivity contribution in [1.82, 2.24) is 20.2 Å². The number of ether oxygens (including phenoxy) is 2. The topological polar surface area (TPSA) is 102 Å². The van der Waals surface area contributed by atoms with Crippen molar-refractivity contribution in [3.05, 3.63) is 89.6 Å². The normalized spacial score (nSPS) is 15.5. The first kappa shape index (κ1) is 27.3. The molecule has 11 heteroatoms. The SMILES string of the molecule is O=C(Nc1cc(-c2cc(OCCC3CCCOC3)ccc2C(F)(F)F)ccn1)c1nnc(Cc2ccccc2)[nH]1. The van der Waals surface area contributed by atoms with Gasteiger partial charge in [-0.05, 0) is 72.2 Å². The van der Waals surface area contributed by atoms with Gasteiger partial charge in [0, 0.05) is 25.8 Å². The Morgan fingerprint density at radius 1 is 1.10 bits per heavy atom. The van der Waals surface area contributed by atoms with Crippen molar-refractivity contribution in [2.45, 2.75) is 31.9 Å². The molecule has 0 aliphatic carbocycles. The minimum atomic E-state index is -4.59. The molecule has 1 saturated heterocycles. The van der Waals surface area contributed by atoms with Crippen LogP contribution in [0.15, 0.2) is 66.9 Å². The van der Waals surface area contributed by atoms with Gasteiger partial charge in [-0.3, -0.25) is 4.79 Å². The number of nitrogens with zero attached hydrogens (tertiary/aromatic N) is 3. The van der Waals surface area contributed by atoms with Crippen molar-refractivity contribution in [2.24, 2.45) is 5.92 Å². The Balaban J connectivity index is 1.30. The molecule has 40 heavy (non-hydrogen) atoms. The summed E-state index contributed by atoms with van der Waals surface area (Å²) in [5.41, 5.74) is 0.333. The van der Waals surface area contributed by atoms with E-state index in [0.717, 1.165) is 37.5 Å². The first-order chi connectivity index (χ1) is 19.3. The van der Waals surface area contributed by atoms with E-state index in [0.29, 0.717) is 37.1 Å². The number of halogens is 3. The zero-order valence-corrected chi connectivity index (χ0v) is 21.6. The van der Waals surface area contributed by atoms with Gasteiger partial charge in [-0.25, -0.2) is 4.98 Å². The summed E-state index contributed by atoms with van der Waals surface area (Å²) in [7, 11) is 0. The van der Waals surface area contributed by atoms with Crippen molar-refractivity contribution in [2.75, 3.05) is 25.1 Å². The van der Waals surface area contributed by atoms with E-state index in [2.05, 4.69) is 25.5 Å². The Bertz CT molecular complexity index is 1440. The molecule has 4 aromatic rings. The highest BCUT2D eigenvalue weighted by Gasteiger charge is 2.34. The summed E-state index contributed by atoms with van der Waals surface area (Å²) in [6.45, 7) is 1.82. The molecule has 1 aliphatic heterocycles. The summed E-state index contributed by atoms with van der Waals surface area (Å²) in [4.78, 5) is 19.7. The van der Waals surface area contributed by atoms with Gasteiger partial charge >= 0.3 is 6.18 Å². The molecule has 1 fully saturated rings. The number of amides is 1. The van der Waals surface area contributed by atoms with E-state index in [1.54, 1.807) is 0 Å². The molecule has 2 aromatic heterocycles. The first-order valence-electron chi connectivity index (χ1n) is 13.0. The molecule has 208 valence electrons. The third-order valence-corrected chi connectivity index (χ3v) is 6.62. The van der Waals surface area contributed by atoms with Gasteiger partial charge in [-0.2, -0.15) is 13.2 Å². The molecule has 1 atom stereocenters. The van der Waals surface area contributed by atoms with Crippen molar-refractivity contribution in [1.29, 1.82) is 0 Å². The molecule has 0 bridgehead atoms. The summed E-state index contributed by atoms with van der Waals surface area (Å²) in [5, 5.41) is 10.5. The van der Waals surface area contributed by atoms with Crippen molar-refractivity contribution in [3.8, 4) is 16.9 Å². The molecular formula is C29H28F3N5O3. The zero-order valence-electron chi connectivity index (χ0n) is 21.6. The maximum atomic E-state index is 13.9. The number of pyridine rings is 1. The Hall–Kier alpha value is -4.25. The quantitative estimate of drug-likeness (QED) is 0.268. The van der Waals surface area contributed by atoms with Crippen LogP contribution in [-0.4, -0.2) is 45.9 Å². The number of nitrogens with one attached hydrogen (secondary N) is 2. The number of carbonyl (C=O) groups is 1. The summed E-state index contributed by atoms with van der Waals surface area (Å²) in [6.07, 6.45) is 0.0210. The van der Waals surface area contributed by atoms with Crippen LogP contribution in [0, 0.1) is 5.92 Å². The van der Waals surface area contributed by atoms with Crippen LogP contribution in [0.2, 0.25) is 0 Å². The standard InChI is InChI=1S/C29H28F3N5O3/c30-29(31,32)24-9-8-22(40-14-11-20-7-4-13-39-18-20)17-23(24)21-10-12-33-25(16-21)35-28(38)27-34-26(36-37-27)15-19-5-2-1-3-6-19/h1-3,5-6,8-10,12,16-17,20H,4,7,11,13-15,18H2,(H,33,35,38)(H,34,36,37). The van der Waals surface area contributed by atoms with Gasteiger partial charge < -0.3 is 19.8 Å². The van der Waals surface area contributed by atoms with Crippen LogP contribution >= 0.6 is 0 Å². The molecule has 1 aliphatic rings. The fourth-order valence-electron chi connectivity index (χ4n) is 4.59. The largest absolute Gasteiger partial charge is 0.494 e. The maximum Gasteiger partial charge on any atom is 0.417 e. The number of aromatic nitrogens is 4. The van der Waals surface area contributed by atoms with Crippen LogP contribution in [0.25, 0.3) is 11.1 Å². The van der Waals surface area contributed by atoms with E-state index < -0.39 is 17.6 Å². The Morgan fingerprint density at radius 2 is 1.95 bits per heavy atom. The molecule has 0 spiro atoms. The molecule has 0 radical (unpaired) electrons. The van der Waals surface area contributed by atoms with Crippen molar-refractivity contribution < 1.29 is 27.4 Å². The van der Waals surface area contributed by atoms with Gasteiger partial charge in [0.15, 0.2) is 0 Å². The van der Waals surface area contributed by atoms with Gasteiger partial charge in [0.25, 0.3) is 5.91 Å². The zero-order chi connectivity index (χ0) is 28.0. The van der Waals surface area contributed by atoms with Crippen molar-refractivity contribution in [3.63, 3.8) is 0 Å². The van der Waals surface area contributed by atoms with E-state index in [1.165, 1.54) is 30.5 Å². The Labute approximate surface area is 229 Å². The van der Waals surface area contributed by atoms with E-state index in [9.17, 15) is 18.0 Å². The minimum Gasteiger partial charge on any atom is -0.494 e. The number of aromatic amines is 1. The number of alkyl halides is 3. The number of hydrogen-bond donors (Lipinski definition) is 2. The van der Waals surface area contributed by atoms with Gasteiger partial charge in [0.2, 0.25) is 5.82 Å². The fourth-order valence-corrected chi connectivity index (χ4v) is 4.59. The summed E-state index contributed by atoms with van der Waals surface area (Å²) >= 11 is 0. The average Bonchev–Trinajstić information content (AvgIpc) is 3.42. The number of carbonyl (C=O) groups excluding carboxylic acids is 1. The van der Waals surface area contributed by atoms with Gasteiger partial charge in [0.1, 0.15) is 17.4 Å². The first-order valence-corrected chi connectivity index (χ1v) is 13.0. The predicted octanol–water partition coefficient (Wildman–Crippen LogP) is 5.92. The predicted molar refractivity (Wildman–Crippen MR) is 142 cm³/mol. The monoisotopic (exact) mass is 551 g/mol. The highest BCUT2D eigenvalue weighted by molar-refractivity contribution is 6.01. The van der Waals surface area contributed by atoms with E-state index >= 15 is 0 Å². The van der Waals surface area contributed by atoms with E-state index in [4.69, 9.17) is 9.47 Å². The molecule has 0 saturated carbocycles. The fraction of sp³-hybridized carbons (Fsp3) is 0.310. The van der Waals surface area contributed by atoms with E-state index in [-0.39, 0.29) is 22.8 Å². The number of anilines is 1. The minimum absolute atomic E-state index is 0.0344. The molecule has 8 nitrogen and oxygen atoms in total. The van der Waals surface area contributed by atoms with Crippen LogP contribution in [0.1, 0.15) is 46.8 Å². The second-order valence-corrected chi connectivity index (χ2v) is 9.59. The summed E-state index contributed by atoms with van der Waals surface area (Å²) in [5.74, 6) is 0.632. The van der Waals surface area contributed by atoms with Crippen LogP contribution in [-0.2, 0) is 17.3 Å². The highest BCUT2D eigenvalue weighted by atomic mass is 19.4. The molecule has 1 amide bonds. The second kappa shape index (κ2) is 12.3. The molecule has 2 N–H and O–H groups in total. The Kier molecular flexibility index (Phi) is 8.40. The molecule has 1 unspecified atom stereocenters. The number of hydrogen-bond acceptors (Lipinski definition) is 6. The molecule has 3 heterocycles. The highest BCUT2D eigenvalue weighted by Crippen LogP contribution is 2.39. The number of rotatable bonds is 9.